The second-order valence-electron chi connectivity index (χ2n) is 9.36. The zero-order valence-corrected chi connectivity index (χ0v) is 21.3. The van der Waals surface area contributed by atoms with Crippen LogP contribution in [0.4, 0.5) is 5.69 Å². The van der Waals surface area contributed by atoms with Crippen molar-refractivity contribution in [3.8, 4) is 11.8 Å². The van der Waals surface area contributed by atoms with E-state index in [0.717, 1.165) is 11.3 Å². The number of carbonyl (C=O) groups is 2. The summed E-state index contributed by atoms with van der Waals surface area (Å²) >= 11 is 7.36. The van der Waals surface area contributed by atoms with E-state index in [1.54, 1.807) is 43.5 Å². The minimum absolute atomic E-state index is 0.0396. The summed E-state index contributed by atoms with van der Waals surface area (Å²) in [5.41, 5.74) is 3.18. The number of nitrogens with one attached hydrogen (secondary N) is 2. The number of allylic oxidation sites excluding steroid dienone is 3. The van der Waals surface area contributed by atoms with E-state index in [2.05, 4.69) is 30.6 Å². The van der Waals surface area contributed by atoms with Gasteiger partial charge in [-0.2, -0.15) is 5.26 Å². The Labute approximate surface area is 214 Å². The zero-order chi connectivity index (χ0) is 25.2. The van der Waals surface area contributed by atoms with Gasteiger partial charge in [0.1, 0.15) is 5.75 Å². The van der Waals surface area contributed by atoms with Crippen molar-refractivity contribution in [2.45, 2.75) is 32.6 Å². The molecule has 0 unspecified atom stereocenters. The molecule has 1 atom stereocenters. The van der Waals surface area contributed by atoms with Crippen LogP contribution in [0.1, 0.15) is 38.2 Å². The lowest BCUT2D eigenvalue weighted by atomic mass is 9.69. The number of thioether (sulfide) groups is 1. The van der Waals surface area contributed by atoms with Crippen molar-refractivity contribution in [1.29, 1.82) is 5.26 Å². The molecule has 2 N–H and O–H groups in total. The SMILES string of the molecule is COc1ccc(NC(=O)CSC2=C(C#N)[C@H](c3ccc(Cl)cc3)C3=C(CC(C)(C)CC3=O)N2)cc1. The van der Waals surface area contributed by atoms with Crippen LogP contribution in [0.5, 0.6) is 5.75 Å². The van der Waals surface area contributed by atoms with E-state index in [1.807, 2.05) is 12.1 Å². The number of hydrogen-bond donors (Lipinski definition) is 2. The maximum atomic E-state index is 13.2. The summed E-state index contributed by atoms with van der Waals surface area (Å²) in [6.07, 6.45) is 1.10. The molecule has 0 bridgehead atoms. The number of halogens is 1. The summed E-state index contributed by atoms with van der Waals surface area (Å²) in [7, 11) is 1.58. The largest absolute Gasteiger partial charge is 0.497 e. The van der Waals surface area contributed by atoms with Crippen LogP contribution in [-0.2, 0) is 9.59 Å². The molecule has 2 aromatic rings. The average Bonchev–Trinajstić information content (AvgIpc) is 2.82. The number of anilines is 1. The number of dihydropyridines is 1. The standard InChI is InChI=1S/C27H26ClN3O3S/c1-27(2)12-21-25(22(32)13-27)24(16-4-6-17(28)7-5-16)20(14-29)26(31-21)35-15-23(33)30-18-8-10-19(34-3)11-9-18/h4-11,24,31H,12-13,15H2,1-3H3,(H,30,33)/t24-/m0/s1. The van der Waals surface area contributed by atoms with Crippen molar-refractivity contribution in [3.05, 3.63) is 81.0 Å². The molecule has 6 nitrogen and oxygen atoms in total. The molecular formula is C27H26ClN3O3S. The van der Waals surface area contributed by atoms with Gasteiger partial charge in [-0.25, -0.2) is 0 Å². The second-order valence-corrected chi connectivity index (χ2v) is 10.8. The number of methoxy groups -OCH3 is 1. The number of nitriles is 1. The number of ketones is 1. The van der Waals surface area contributed by atoms with Gasteiger partial charge in [0, 0.05) is 28.4 Å². The molecule has 1 aliphatic carbocycles. The first-order valence-corrected chi connectivity index (χ1v) is 12.6. The van der Waals surface area contributed by atoms with Crippen LogP contribution in [0.2, 0.25) is 5.02 Å². The Morgan fingerprint density at radius 2 is 1.89 bits per heavy atom. The van der Waals surface area contributed by atoms with Gasteiger partial charge < -0.3 is 15.4 Å². The average molecular weight is 508 g/mol. The summed E-state index contributed by atoms with van der Waals surface area (Å²) in [5.74, 6) is 0.152. The minimum atomic E-state index is -0.496. The van der Waals surface area contributed by atoms with E-state index in [1.165, 1.54) is 11.8 Å². The zero-order valence-electron chi connectivity index (χ0n) is 19.8. The van der Waals surface area contributed by atoms with E-state index < -0.39 is 5.92 Å². The van der Waals surface area contributed by atoms with Crippen LogP contribution < -0.4 is 15.4 Å². The van der Waals surface area contributed by atoms with E-state index in [0.29, 0.717) is 45.5 Å². The highest BCUT2D eigenvalue weighted by Gasteiger charge is 2.41. The Bertz CT molecular complexity index is 1260. The van der Waals surface area contributed by atoms with Crippen LogP contribution in [0.3, 0.4) is 0 Å². The van der Waals surface area contributed by atoms with Gasteiger partial charge in [0.05, 0.1) is 35.5 Å². The van der Waals surface area contributed by atoms with Crippen LogP contribution in [0.25, 0.3) is 0 Å². The normalized spacial score (nSPS) is 18.9. The summed E-state index contributed by atoms with van der Waals surface area (Å²) < 4.78 is 5.15. The highest BCUT2D eigenvalue weighted by Crippen LogP contribution is 2.47. The number of Topliss-reactive ketones (excluding diaryl/α,β-unsaturated/α-hetero) is 1. The van der Waals surface area contributed by atoms with Crippen molar-refractivity contribution in [3.63, 3.8) is 0 Å². The van der Waals surface area contributed by atoms with Gasteiger partial charge in [-0.15, -0.1) is 0 Å². The number of nitrogens with zero attached hydrogens (tertiary/aromatic N) is 1. The van der Waals surface area contributed by atoms with Crippen molar-refractivity contribution < 1.29 is 14.3 Å². The predicted octanol–water partition coefficient (Wildman–Crippen LogP) is 5.79. The molecule has 0 saturated heterocycles. The third kappa shape index (κ3) is 5.55. The predicted molar refractivity (Wildman–Crippen MR) is 139 cm³/mol. The monoisotopic (exact) mass is 507 g/mol. The molecule has 1 heterocycles. The van der Waals surface area contributed by atoms with Gasteiger partial charge in [-0.3, -0.25) is 9.59 Å². The lowest BCUT2D eigenvalue weighted by molar-refractivity contribution is -0.118. The Morgan fingerprint density at radius 1 is 1.20 bits per heavy atom. The highest BCUT2D eigenvalue weighted by atomic mass is 35.5. The van der Waals surface area contributed by atoms with Gasteiger partial charge >= 0.3 is 0 Å². The molecule has 4 rings (SSSR count). The number of amides is 1. The van der Waals surface area contributed by atoms with Crippen LogP contribution in [-0.4, -0.2) is 24.6 Å². The molecule has 0 aromatic heterocycles. The van der Waals surface area contributed by atoms with Crippen LogP contribution in [0.15, 0.2) is 70.4 Å². The molecule has 0 saturated carbocycles. The van der Waals surface area contributed by atoms with Gasteiger partial charge in [-0.05, 0) is 53.8 Å². The lowest BCUT2D eigenvalue weighted by Crippen LogP contribution is -2.37. The Hall–Kier alpha value is -3.21. The van der Waals surface area contributed by atoms with Gasteiger partial charge in [0.2, 0.25) is 5.91 Å². The first kappa shape index (κ1) is 24.9. The molecule has 2 aliphatic rings. The number of carbonyl (C=O) groups excluding carboxylic acids is 2. The summed E-state index contributed by atoms with van der Waals surface area (Å²) in [5, 5.41) is 17.5. The third-order valence-corrected chi connectivity index (χ3v) is 7.32. The molecule has 180 valence electrons. The first-order chi connectivity index (χ1) is 16.7. The smallest absolute Gasteiger partial charge is 0.234 e. The maximum absolute atomic E-state index is 13.2. The fourth-order valence-electron chi connectivity index (χ4n) is 4.49. The van der Waals surface area contributed by atoms with Gasteiger partial charge in [0.25, 0.3) is 0 Å². The fraction of sp³-hybridized carbons (Fsp3) is 0.296. The van der Waals surface area contributed by atoms with Gasteiger partial charge in [-0.1, -0.05) is 49.3 Å². The van der Waals surface area contributed by atoms with E-state index in [4.69, 9.17) is 16.3 Å². The Morgan fingerprint density at radius 3 is 2.51 bits per heavy atom. The molecule has 0 spiro atoms. The molecule has 1 aliphatic heterocycles. The number of ether oxygens (including phenoxy) is 1. The third-order valence-electron chi connectivity index (χ3n) is 6.05. The van der Waals surface area contributed by atoms with Gasteiger partial charge in [0.15, 0.2) is 5.78 Å². The maximum Gasteiger partial charge on any atom is 0.234 e. The van der Waals surface area contributed by atoms with Crippen LogP contribution in [0, 0.1) is 16.7 Å². The summed E-state index contributed by atoms with van der Waals surface area (Å²) in [6, 6.07) is 16.6. The Balaban J connectivity index is 1.61. The second kappa shape index (κ2) is 10.2. The van der Waals surface area contributed by atoms with Crippen molar-refractivity contribution in [1.82, 2.24) is 5.32 Å². The lowest BCUT2D eigenvalue weighted by Gasteiger charge is -2.39. The number of benzene rings is 2. The number of rotatable bonds is 6. The summed E-state index contributed by atoms with van der Waals surface area (Å²) in [4.78, 5) is 25.9. The molecular weight excluding hydrogens is 482 g/mol. The number of hydrogen-bond acceptors (Lipinski definition) is 6. The fourth-order valence-corrected chi connectivity index (χ4v) is 5.48. The van der Waals surface area contributed by atoms with E-state index in [-0.39, 0.29) is 22.9 Å². The molecule has 0 radical (unpaired) electrons. The van der Waals surface area contributed by atoms with Crippen molar-refractivity contribution >= 4 is 40.7 Å². The molecule has 35 heavy (non-hydrogen) atoms. The molecule has 1 amide bonds. The van der Waals surface area contributed by atoms with Crippen molar-refractivity contribution in [2.75, 3.05) is 18.2 Å². The highest BCUT2D eigenvalue weighted by molar-refractivity contribution is 8.03. The Kier molecular flexibility index (Phi) is 7.25. The molecule has 8 heteroatoms. The summed E-state index contributed by atoms with van der Waals surface area (Å²) in [6.45, 7) is 4.12. The topological polar surface area (TPSA) is 91.2 Å². The molecule has 0 fully saturated rings. The first-order valence-electron chi connectivity index (χ1n) is 11.2. The van der Waals surface area contributed by atoms with E-state index in [9.17, 15) is 14.9 Å². The van der Waals surface area contributed by atoms with E-state index >= 15 is 0 Å². The quantitative estimate of drug-likeness (QED) is 0.514. The minimum Gasteiger partial charge on any atom is -0.497 e. The van der Waals surface area contributed by atoms with Crippen molar-refractivity contribution in [2.24, 2.45) is 5.41 Å². The van der Waals surface area contributed by atoms with Crippen LogP contribution >= 0.6 is 23.4 Å². The molecule has 2 aromatic carbocycles.